The number of rotatable bonds is 2. The minimum Gasteiger partial charge on any atom is -0.363 e. The molecule has 0 amide bonds. The minimum atomic E-state index is -0.125. The predicted octanol–water partition coefficient (Wildman–Crippen LogP) is 2.32. The standard InChI is InChI=1S/C12H12N2O/c1-12(8-15-12)11-7-10(13-14-11)9-5-3-2-4-6-9/h2-7H,8H2,1H3,(H,13,14). The van der Waals surface area contributed by atoms with Gasteiger partial charge in [-0.1, -0.05) is 30.3 Å². The van der Waals surface area contributed by atoms with E-state index in [1.165, 1.54) is 0 Å². The number of aromatic amines is 1. The van der Waals surface area contributed by atoms with E-state index in [0.29, 0.717) is 0 Å². The number of aromatic nitrogens is 2. The molecule has 0 aliphatic carbocycles. The first kappa shape index (κ1) is 8.68. The third kappa shape index (κ3) is 1.45. The zero-order valence-corrected chi connectivity index (χ0v) is 8.53. The van der Waals surface area contributed by atoms with Gasteiger partial charge in [0.15, 0.2) is 0 Å². The smallest absolute Gasteiger partial charge is 0.130 e. The van der Waals surface area contributed by atoms with Crippen molar-refractivity contribution >= 4 is 0 Å². The van der Waals surface area contributed by atoms with Crippen LogP contribution in [0.4, 0.5) is 0 Å². The Bertz CT molecular complexity index is 471. The van der Waals surface area contributed by atoms with E-state index < -0.39 is 0 Å². The fraction of sp³-hybridized carbons (Fsp3) is 0.250. The lowest BCUT2D eigenvalue weighted by atomic mass is 10.1. The van der Waals surface area contributed by atoms with Crippen LogP contribution in [0.2, 0.25) is 0 Å². The van der Waals surface area contributed by atoms with Crippen LogP contribution in [0, 0.1) is 0 Å². The summed E-state index contributed by atoms with van der Waals surface area (Å²) in [6.45, 7) is 2.85. The van der Waals surface area contributed by atoms with Gasteiger partial charge in [0, 0.05) is 5.56 Å². The van der Waals surface area contributed by atoms with Crippen molar-refractivity contribution in [2.75, 3.05) is 6.61 Å². The summed E-state index contributed by atoms with van der Waals surface area (Å²) >= 11 is 0. The molecule has 76 valence electrons. The van der Waals surface area contributed by atoms with E-state index in [-0.39, 0.29) is 5.60 Å². The Kier molecular flexibility index (Phi) is 1.70. The summed E-state index contributed by atoms with van der Waals surface area (Å²) in [4.78, 5) is 0. The highest BCUT2D eigenvalue weighted by Gasteiger charge is 2.42. The fourth-order valence-corrected chi connectivity index (χ4v) is 1.61. The molecule has 3 rings (SSSR count). The Morgan fingerprint density at radius 3 is 2.73 bits per heavy atom. The van der Waals surface area contributed by atoms with Crippen molar-refractivity contribution in [1.82, 2.24) is 10.2 Å². The summed E-state index contributed by atoms with van der Waals surface area (Å²) in [7, 11) is 0. The Morgan fingerprint density at radius 1 is 1.33 bits per heavy atom. The lowest BCUT2D eigenvalue weighted by molar-refractivity contribution is 0.323. The van der Waals surface area contributed by atoms with Gasteiger partial charge in [0.25, 0.3) is 0 Å². The normalized spacial score (nSPS) is 24.1. The highest BCUT2D eigenvalue weighted by molar-refractivity contribution is 5.59. The Hall–Kier alpha value is -1.61. The fourth-order valence-electron chi connectivity index (χ4n) is 1.61. The second-order valence-corrected chi connectivity index (χ2v) is 4.05. The number of H-pyrrole nitrogens is 1. The molecule has 1 N–H and O–H groups in total. The van der Waals surface area contributed by atoms with E-state index in [4.69, 9.17) is 4.74 Å². The number of epoxide rings is 1. The molecule has 3 heteroatoms. The third-order valence-corrected chi connectivity index (χ3v) is 2.79. The van der Waals surface area contributed by atoms with E-state index in [1.807, 2.05) is 18.2 Å². The zero-order chi connectivity index (χ0) is 10.3. The molecule has 1 atom stereocenters. The summed E-state index contributed by atoms with van der Waals surface area (Å²) in [6.07, 6.45) is 0. The second-order valence-electron chi connectivity index (χ2n) is 4.05. The molecule has 1 aromatic carbocycles. The van der Waals surface area contributed by atoms with Crippen molar-refractivity contribution in [3.63, 3.8) is 0 Å². The highest BCUT2D eigenvalue weighted by Crippen LogP contribution is 2.37. The monoisotopic (exact) mass is 200 g/mol. The van der Waals surface area contributed by atoms with E-state index in [9.17, 15) is 0 Å². The average molecular weight is 200 g/mol. The summed E-state index contributed by atoms with van der Waals surface area (Å²) in [5.41, 5.74) is 3.04. The maximum atomic E-state index is 5.36. The Labute approximate surface area is 88.1 Å². The van der Waals surface area contributed by atoms with Crippen LogP contribution in [-0.4, -0.2) is 16.8 Å². The summed E-state index contributed by atoms with van der Waals surface area (Å²) in [5, 5.41) is 7.32. The zero-order valence-electron chi connectivity index (χ0n) is 8.53. The highest BCUT2D eigenvalue weighted by atomic mass is 16.6. The van der Waals surface area contributed by atoms with Gasteiger partial charge < -0.3 is 4.74 Å². The quantitative estimate of drug-likeness (QED) is 0.756. The predicted molar refractivity (Wildman–Crippen MR) is 57.3 cm³/mol. The van der Waals surface area contributed by atoms with Crippen LogP contribution >= 0.6 is 0 Å². The van der Waals surface area contributed by atoms with Crippen LogP contribution in [-0.2, 0) is 10.3 Å². The number of nitrogens with zero attached hydrogens (tertiary/aromatic N) is 1. The van der Waals surface area contributed by atoms with E-state index in [0.717, 1.165) is 23.6 Å². The van der Waals surface area contributed by atoms with Crippen molar-refractivity contribution in [2.45, 2.75) is 12.5 Å². The SMILES string of the molecule is CC1(c2cc(-c3ccccc3)n[nH]2)CO1. The molecular formula is C12H12N2O. The van der Waals surface area contributed by atoms with Gasteiger partial charge in [-0.05, 0) is 13.0 Å². The number of hydrogen-bond acceptors (Lipinski definition) is 2. The Morgan fingerprint density at radius 2 is 2.07 bits per heavy atom. The van der Waals surface area contributed by atoms with Gasteiger partial charge in [-0.3, -0.25) is 5.10 Å². The molecule has 0 radical (unpaired) electrons. The largest absolute Gasteiger partial charge is 0.363 e. The van der Waals surface area contributed by atoms with Gasteiger partial charge in [0.2, 0.25) is 0 Å². The van der Waals surface area contributed by atoms with Crippen LogP contribution in [0.15, 0.2) is 36.4 Å². The van der Waals surface area contributed by atoms with Crippen LogP contribution < -0.4 is 0 Å². The second kappa shape index (κ2) is 2.94. The van der Waals surface area contributed by atoms with E-state index in [1.54, 1.807) is 0 Å². The maximum Gasteiger partial charge on any atom is 0.130 e. The van der Waals surface area contributed by atoms with Crippen molar-refractivity contribution in [3.05, 3.63) is 42.1 Å². The number of ether oxygens (including phenoxy) is 1. The summed E-state index contributed by atoms with van der Waals surface area (Å²) in [6, 6.07) is 12.2. The maximum absolute atomic E-state index is 5.36. The third-order valence-electron chi connectivity index (χ3n) is 2.79. The molecule has 15 heavy (non-hydrogen) atoms. The molecule has 1 fully saturated rings. The molecule has 0 spiro atoms. The van der Waals surface area contributed by atoms with Crippen LogP contribution in [0.25, 0.3) is 11.3 Å². The average Bonchev–Trinajstić information content (AvgIpc) is 2.85. The molecule has 0 saturated carbocycles. The summed E-state index contributed by atoms with van der Waals surface area (Å²) < 4.78 is 5.36. The minimum absolute atomic E-state index is 0.125. The van der Waals surface area contributed by atoms with Crippen molar-refractivity contribution in [2.24, 2.45) is 0 Å². The first-order valence-corrected chi connectivity index (χ1v) is 5.03. The number of nitrogens with one attached hydrogen (secondary N) is 1. The lowest BCUT2D eigenvalue weighted by Gasteiger charge is -1.97. The molecule has 1 unspecified atom stereocenters. The molecule has 2 heterocycles. The van der Waals surface area contributed by atoms with Gasteiger partial charge in [0.05, 0.1) is 18.0 Å². The molecule has 1 aliphatic rings. The first-order chi connectivity index (χ1) is 7.28. The molecule has 1 aromatic heterocycles. The lowest BCUT2D eigenvalue weighted by Crippen LogP contribution is -2.01. The van der Waals surface area contributed by atoms with Crippen LogP contribution in [0.3, 0.4) is 0 Å². The van der Waals surface area contributed by atoms with Gasteiger partial charge in [-0.15, -0.1) is 0 Å². The van der Waals surface area contributed by atoms with Crippen LogP contribution in [0.1, 0.15) is 12.6 Å². The Balaban J connectivity index is 1.97. The van der Waals surface area contributed by atoms with E-state index >= 15 is 0 Å². The topological polar surface area (TPSA) is 41.2 Å². The van der Waals surface area contributed by atoms with Gasteiger partial charge >= 0.3 is 0 Å². The van der Waals surface area contributed by atoms with Crippen molar-refractivity contribution < 1.29 is 4.74 Å². The molecular weight excluding hydrogens is 188 g/mol. The molecule has 2 aromatic rings. The van der Waals surface area contributed by atoms with Gasteiger partial charge in [0.1, 0.15) is 5.60 Å². The van der Waals surface area contributed by atoms with Gasteiger partial charge in [-0.2, -0.15) is 5.10 Å². The van der Waals surface area contributed by atoms with Gasteiger partial charge in [-0.25, -0.2) is 0 Å². The number of hydrogen-bond donors (Lipinski definition) is 1. The molecule has 1 saturated heterocycles. The van der Waals surface area contributed by atoms with Crippen molar-refractivity contribution in [3.8, 4) is 11.3 Å². The van der Waals surface area contributed by atoms with Crippen LogP contribution in [0.5, 0.6) is 0 Å². The van der Waals surface area contributed by atoms with E-state index in [2.05, 4.69) is 35.3 Å². The molecule has 1 aliphatic heterocycles. The molecule has 3 nitrogen and oxygen atoms in total. The molecule has 0 bridgehead atoms. The summed E-state index contributed by atoms with van der Waals surface area (Å²) in [5.74, 6) is 0. The first-order valence-electron chi connectivity index (χ1n) is 5.03. The number of benzene rings is 1. The van der Waals surface area contributed by atoms with Crippen molar-refractivity contribution in [1.29, 1.82) is 0 Å².